The quantitative estimate of drug-likeness (QED) is 0.238. The molecule has 2 aliphatic rings. The Kier molecular flexibility index (Phi) is 6.83. The Hall–Kier alpha value is -1.49. The highest BCUT2D eigenvalue weighted by Crippen LogP contribution is 2.51. The molecule has 0 aromatic rings. The molecular formula is C23H32ClF3N2. The number of aliphatic imine (C=N–C) groups is 1. The molecule has 2 aliphatic carbocycles. The highest BCUT2D eigenvalue weighted by Gasteiger charge is 2.48. The topological polar surface area (TPSA) is 15.6 Å². The fourth-order valence-corrected chi connectivity index (χ4v) is 4.19. The fourth-order valence-electron chi connectivity index (χ4n) is 4.14. The van der Waals surface area contributed by atoms with E-state index in [1.54, 1.807) is 13.0 Å². The molecule has 162 valence electrons. The van der Waals surface area contributed by atoms with Crippen molar-refractivity contribution in [2.24, 2.45) is 10.4 Å². The second-order valence-corrected chi connectivity index (χ2v) is 9.70. The Bertz CT molecular complexity index is 793. The van der Waals surface area contributed by atoms with Gasteiger partial charge in [0.15, 0.2) is 0 Å². The second-order valence-electron chi connectivity index (χ2n) is 9.13. The zero-order valence-corrected chi connectivity index (χ0v) is 19.1. The number of alkyl halides is 3. The lowest BCUT2D eigenvalue weighted by Gasteiger charge is -2.54. The Morgan fingerprint density at radius 1 is 1.24 bits per heavy atom. The van der Waals surface area contributed by atoms with Crippen molar-refractivity contribution in [2.45, 2.75) is 85.4 Å². The molecule has 29 heavy (non-hydrogen) atoms. The van der Waals surface area contributed by atoms with E-state index in [1.807, 2.05) is 33.8 Å². The zero-order valence-electron chi connectivity index (χ0n) is 18.3. The van der Waals surface area contributed by atoms with E-state index in [-0.39, 0.29) is 5.54 Å². The molecule has 0 radical (unpaired) electrons. The highest BCUT2D eigenvalue weighted by atomic mass is 35.5. The average molecular weight is 429 g/mol. The van der Waals surface area contributed by atoms with Crippen molar-refractivity contribution in [3.05, 3.63) is 46.3 Å². The van der Waals surface area contributed by atoms with Crippen molar-refractivity contribution in [1.29, 1.82) is 0 Å². The van der Waals surface area contributed by atoms with Crippen LogP contribution in [0.2, 0.25) is 0 Å². The summed E-state index contributed by atoms with van der Waals surface area (Å²) in [5, 5.41) is 0.684. The summed E-state index contributed by atoms with van der Waals surface area (Å²) in [6.07, 6.45) is 2.24. The van der Waals surface area contributed by atoms with Crippen molar-refractivity contribution in [3.63, 3.8) is 0 Å². The third kappa shape index (κ3) is 5.78. The first-order valence-corrected chi connectivity index (χ1v) is 10.4. The molecule has 0 aliphatic heterocycles. The zero-order chi connectivity index (χ0) is 22.2. The lowest BCUT2D eigenvalue weighted by atomic mass is 9.69. The minimum Gasteiger partial charge on any atom is -0.328 e. The van der Waals surface area contributed by atoms with E-state index in [0.29, 0.717) is 11.5 Å². The van der Waals surface area contributed by atoms with E-state index in [9.17, 15) is 13.2 Å². The molecule has 0 amide bonds. The first-order chi connectivity index (χ1) is 13.2. The minimum absolute atomic E-state index is 0.105. The number of hydrogen-bond donors (Lipinski definition) is 0. The Balaban J connectivity index is 2.40. The molecule has 1 fully saturated rings. The normalized spacial score (nSPS) is 25.5. The largest absolute Gasteiger partial charge is 0.389 e. The molecule has 0 N–H and O–H groups in total. The van der Waals surface area contributed by atoms with E-state index < -0.39 is 18.0 Å². The SMILES string of the molecule is C=C(C)/C(=C\C(C)=C(/C)Cl)N=C(C)N(C1=CC(C)(CC(F)(F)F)C1)C1(C)CCC1. The van der Waals surface area contributed by atoms with Gasteiger partial charge in [-0.2, -0.15) is 13.2 Å². The van der Waals surface area contributed by atoms with Crippen LogP contribution < -0.4 is 0 Å². The first-order valence-electron chi connectivity index (χ1n) is 10.0. The molecule has 0 heterocycles. The number of amidine groups is 1. The molecule has 0 spiro atoms. The van der Waals surface area contributed by atoms with Crippen LogP contribution in [-0.2, 0) is 0 Å². The van der Waals surface area contributed by atoms with Gasteiger partial charge in [-0.15, -0.1) is 0 Å². The van der Waals surface area contributed by atoms with Crippen LogP contribution in [0, 0.1) is 5.41 Å². The van der Waals surface area contributed by atoms with Gasteiger partial charge in [0.1, 0.15) is 5.84 Å². The van der Waals surface area contributed by atoms with Crippen LogP contribution in [-0.4, -0.2) is 22.5 Å². The maximum Gasteiger partial charge on any atom is 0.389 e. The third-order valence-corrected chi connectivity index (χ3v) is 6.20. The van der Waals surface area contributed by atoms with Crippen molar-refractivity contribution < 1.29 is 13.2 Å². The molecule has 2 rings (SSSR count). The van der Waals surface area contributed by atoms with Gasteiger partial charge in [0.2, 0.25) is 0 Å². The van der Waals surface area contributed by atoms with Crippen LogP contribution in [0.1, 0.15) is 73.6 Å². The van der Waals surface area contributed by atoms with Gasteiger partial charge in [-0.05, 0) is 77.5 Å². The molecule has 6 heteroatoms. The second kappa shape index (κ2) is 8.33. The summed E-state index contributed by atoms with van der Waals surface area (Å²) in [5.74, 6) is 0.779. The highest BCUT2D eigenvalue weighted by molar-refractivity contribution is 6.29. The predicted octanol–water partition coefficient (Wildman–Crippen LogP) is 7.89. The van der Waals surface area contributed by atoms with Crippen LogP contribution >= 0.6 is 11.6 Å². The van der Waals surface area contributed by atoms with Crippen LogP contribution in [0.3, 0.4) is 0 Å². The monoisotopic (exact) mass is 428 g/mol. The van der Waals surface area contributed by atoms with Gasteiger partial charge >= 0.3 is 6.18 Å². The van der Waals surface area contributed by atoms with E-state index in [1.165, 1.54) is 0 Å². The van der Waals surface area contributed by atoms with Gasteiger partial charge in [-0.3, -0.25) is 0 Å². The van der Waals surface area contributed by atoms with Crippen molar-refractivity contribution in [3.8, 4) is 0 Å². The number of nitrogens with zero attached hydrogens (tertiary/aromatic N) is 2. The maximum atomic E-state index is 12.9. The Labute approximate surface area is 177 Å². The van der Waals surface area contributed by atoms with Crippen LogP contribution in [0.25, 0.3) is 0 Å². The summed E-state index contributed by atoms with van der Waals surface area (Å²) in [6, 6.07) is 0. The van der Waals surface area contributed by atoms with Gasteiger partial charge in [0.25, 0.3) is 0 Å². The van der Waals surface area contributed by atoms with Crippen molar-refractivity contribution >= 4 is 17.4 Å². The summed E-state index contributed by atoms with van der Waals surface area (Å²) in [6.45, 7) is 15.4. The van der Waals surface area contributed by atoms with Crippen LogP contribution in [0.5, 0.6) is 0 Å². The summed E-state index contributed by atoms with van der Waals surface area (Å²) >= 11 is 6.09. The van der Waals surface area contributed by atoms with E-state index in [0.717, 1.165) is 47.6 Å². The van der Waals surface area contributed by atoms with Gasteiger partial charge in [-0.1, -0.05) is 31.2 Å². The number of halogens is 4. The lowest BCUT2D eigenvalue weighted by Crippen LogP contribution is -2.55. The Morgan fingerprint density at radius 3 is 2.17 bits per heavy atom. The Morgan fingerprint density at radius 2 is 1.79 bits per heavy atom. The molecule has 1 atom stereocenters. The molecule has 1 unspecified atom stereocenters. The van der Waals surface area contributed by atoms with Gasteiger partial charge < -0.3 is 4.90 Å². The summed E-state index contributed by atoms with van der Waals surface area (Å²) < 4.78 is 38.8. The van der Waals surface area contributed by atoms with Gasteiger partial charge in [-0.25, -0.2) is 4.99 Å². The number of hydrogen-bond acceptors (Lipinski definition) is 1. The van der Waals surface area contributed by atoms with Crippen molar-refractivity contribution in [2.75, 3.05) is 0 Å². The maximum absolute atomic E-state index is 12.9. The van der Waals surface area contributed by atoms with E-state index in [2.05, 4.69) is 18.4 Å². The van der Waals surface area contributed by atoms with Gasteiger partial charge in [0, 0.05) is 21.7 Å². The van der Waals surface area contributed by atoms with E-state index >= 15 is 0 Å². The molecule has 0 aromatic carbocycles. The summed E-state index contributed by atoms with van der Waals surface area (Å²) in [4.78, 5) is 6.97. The predicted molar refractivity (Wildman–Crippen MR) is 116 cm³/mol. The van der Waals surface area contributed by atoms with Crippen LogP contribution in [0.4, 0.5) is 13.2 Å². The minimum atomic E-state index is -4.16. The lowest BCUT2D eigenvalue weighted by molar-refractivity contribution is -0.153. The standard InChI is InChI=1S/C23H32ClF3N2/c1-15(2)20(11-16(3)17(4)24)28-18(5)29(22(7)9-8-10-22)19-12-21(6,13-19)14-23(25,26)27/h11-12H,1,8-10,13-14H2,2-7H3/b17-16+,20-11+,28-18?. The number of allylic oxidation sites excluding steroid dienone is 6. The first kappa shape index (κ1) is 23.8. The third-order valence-electron chi connectivity index (χ3n) is 5.90. The van der Waals surface area contributed by atoms with Gasteiger partial charge in [0.05, 0.1) is 12.1 Å². The van der Waals surface area contributed by atoms with Crippen LogP contribution in [0.15, 0.2) is 51.3 Å². The summed E-state index contributed by atoms with van der Waals surface area (Å²) in [5.41, 5.74) is 2.43. The molecular weight excluding hydrogens is 397 g/mol. The molecule has 2 nitrogen and oxygen atoms in total. The molecule has 0 saturated heterocycles. The molecule has 0 bridgehead atoms. The molecule has 0 aromatic heterocycles. The van der Waals surface area contributed by atoms with Crippen molar-refractivity contribution in [1.82, 2.24) is 4.90 Å². The smallest absolute Gasteiger partial charge is 0.328 e. The molecule has 1 saturated carbocycles. The summed E-state index contributed by atoms with van der Waals surface area (Å²) in [7, 11) is 0. The number of rotatable bonds is 6. The van der Waals surface area contributed by atoms with E-state index in [4.69, 9.17) is 16.6 Å². The fraction of sp³-hybridized carbons (Fsp3) is 0.609. The average Bonchev–Trinajstić information content (AvgIpc) is 2.49.